The van der Waals surface area contributed by atoms with Gasteiger partial charge in [0.15, 0.2) is 0 Å². The summed E-state index contributed by atoms with van der Waals surface area (Å²) < 4.78 is 25.2. The van der Waals surface area contributed by atoms with Crippen LogP contribution in [-0.4, -0.2) is 44.0 Å². The smallest absolute Gasteiger partial charge is 0.235 e. The van der Waals surface area contributed by atoms with Gasteiger partial charge in [0.1, 0.15) is 0 Å². The van der Waals surface area contributed by atoms with Gasteiger partial charge in [0.05, 0.1) is 12.8 Å². The summed E-state index contributed by atoms with van der Waals surface area (Å²) in [4.78, 5) is 11.9. The third-order valence-corrected chi connectivity index (χ3v) is 5.09. The number of unbranched alkanes of at least 4 members (excludes halogenated alkanes) is 2. The van der Waals surface area contributed by atoms with Gasteiger partial charge in [0.25, 0.3) is 0 Å². The largest absolute Gasteiger partial charge is 0.355 e. The molecule has 1 aliphatic carbocycles. The molecule has 6 heteroatoms. The number of hydrogen-bond donors (Lipinski definition) is 1. The Hall–Kier alpha value is -0.620. The minimum Gasteiger partial charge on any atom is -0.355 e. The number of sulfonamides is 1. The van der Waals surface area contributed by atoms with E-state index in [4.69, 9.17) is 0 Å². The van der Waals surface area contributed by atoms with E-state index in [0.29, 0.717) is 6.54 Å². The molecule has 1 aliphatic rings. The molecule has 0 aromatic carbocycles. The van der Waals surface area contributed by atoms with E-state index in [1.807, 2.05) is 0 Å². The number of rotatable bonds is 8. The van der Waals surface area contributed by atoms with E-state index in [9.17, 15) is 13.2 Å². The second-order valence-electron chi connectivity index (χ2n) is 5.66. The predicted molar refractivity (Wildman–Crippen MR) is 81.0 cm³/mol. The van der Waals surface area contributed by atoms with Gasteiger partial charge in [-0.15, -0.1) is 0 Å². The summed E-state index contributed by atoms with van der Waals surface area (Å²) in [5.41, 5.74) is 0. The molecule has 1 amide bonds. The van der Waals surface area contributed by atoms with Crippen molar-refractivity contribution in [3.63, 3.8) is 0 Å². The number of amides is 1. The van der Waals surface area contributed by atoms with Gasteiger partial charge >= 0.3 is 0 Å². The van der Waals surface area contributed by atoms with Crippen LogP contribution in [-0.2, 0) is 14.8 Å². The first-order valence-electron chi connectivity index (χ1n) is 7.68. The summed E-state index contributed by atoms with van der Waals surface area (Å²) in [6.07, 6.45) is 9.34. The van der Waals surface area contributed by atoms with E-state index in [-0.39, 0.29) is 18.5 Å². The molecular formula is C14H28N2O3S. The highest BCUT2D eigenvalue weighted by Crippen LogP contribution is 2.24. The van der Waals surface area contributed by atoms with Crippen LogP contribution in [0.5, 0.6) is 0 Å². The van der Waals surface area contributed by atoms with E-state index in [0.717, 1.165) is 51.4 Å². The Morgan fingerprint density at radius 3 is 2.40 bits per heavy atom. The highest BCUT2D eigenvalue weighted by molar-refractivity contribution is 7.88. The van der Waals surface area contributed by atoms with Crippen LogP contribution in [0.25, 0.3) is 0 Å². The molecule has 0 atom stereocenters. The number of nitrogens with zero attached hydrogens (tertiary/aromatic N) is 1. The standard InChI is InChI=1S/C14H28N2O3S/c1-3-4-8-11-15-14(17)12-16(20(2,18)19)13-9-6-5-7-10-13/h13H,3-12H2,1-2H3,(H,15,17). The second-order valence-corrected chi connectivity index (χ2v) is 7.59. The van der Waals surface area contributed by atoms with E-state index >= 15 is 0 Å². The molecule has 118 valence electrons. The highest BCUT2D eigenvalue weighted by Gasteiger charge is 2.29. The number of nitrogens with one attached hydrogen (secondary N) is 1. The molecule has 0 unspecified atom stereocenters. The molecule has 5 nitrogen and oxygen atoms in total. The van der Waals surface area contributed by atoms with Gasteiger partial charge in [0.2, 0.25) is 15.9 Å². The monoisotopic (exact) mass is 304 g/mol. The fourth-order valence-corrected chi connectivity index (χ4v) is 3.79. The molecule has 0 bridgehead atoms. The van der Waals surface area contributed by atoms with Crippen LogP contribution >= 0.6 is 0 Å². The molecular weight excluding hydrogens is 276 g/mol. The number of hydrogen-bond acceptors (Lipinski definition) is 3. The Balaban J connectivity index is 2.50. The fraction of sp³-hybridized carbons (Fsp3) is 0.929. The molecule has 1 saturated carbocycles. The van der Waals surface area contributed by atoms with Gasteiger partial charge in [-0.2, -0.15) is 4.31 Å². The van der Waals surface area contributed by atoms with Crippen molar-refractivity contribution >= 4 is 15.9 Å². The van der Waals surface area contributed by atoms with Gasteiger partial charge in [-0.1, -0.05) is 39.0 Å². The Bertz CT molecular complexity index is 389. The molecule has 0 spiro atoms. The summed E-state index contributed by atoms with van der Waals surface area (Å²) in [5.74, 6) is -0.183. The van der Waals surface area contributed by atoms with Crippen molar-refractivity contribution in [1.82, 2.24) is 9.62 Å². The summed E-state index contributed by atoms with van der Waals surface area (Å²) in [6.45, 7) is 2.71. The van der Waals surface area contributed by atoms with Crippen molar-refractivity contribution in [2.45, 2.75) is 64.3 Å². The predicted octanol–water partition coefficient (Wildman–Crippen LogP) is 1.89. The molecule has 1 rings (SSSR count). The van der Waals surface area contributed by atoms with E-state index in [2.05, 4.69) is 12.2 Å². The van der Waals surface area contributed by atoms with Crippen LogP contribution in [0.4, 0.5) is 0 Å². The second kappa shape index (κ2) is 8.62. The van der Waals surface area contributed by atoms with Gasteiger partial charge in [-0.25, -0.2) is 8.42 Å². The first-order chi connectivity index (χ1) is 9.45. The lowest BCUT2D eigenvalue weighted by atomic mass is 9.95. The maximum Gasteiger partial charge on any atom is 0.235 e. The first kappa shape index (κ1) is 17.4. The van der Waals surface area contributed by atoms with Gasteiger partial charge < -0.3 is 5.32 Å². The summed E-state index contributed by atoms with van der Waals surface area (Å²) in [7, 11) is -3.32. The minimum atomic E-state index is -3.32. The summed E-state index contributed by atoms with van der Waals surface area (Å²) in [6, 6.07) is 0.000131. The lowest BCUT2D eigenvalue weighted by molar-refractivity contribution is -0.121. The molecule has 1 N–H and O–H groups in total. The Kier molecular flexibility index (Phi) is 7.51. The number of carbonyl (C=O) groups is 1. The van der Waals surface area contributed by atoms with Gasteiger partial charge in [-0.05, 0) is 19.3 Å². The molecule has 0 aliphatic heterocycles. The van der Waals surface area contributed by atoms with E-state index < -0.39 is 10.0 Å². The molecule has 1 fully saturated rings. The maximum atomic E-state index is 11.9. The zero-order chi connectivity index (χ0) is 15.0. The molecule has 0 radical (unpaired) electrons. The zero-order valence-corrected chi connectivity index (χ0v) is 13.5. The molecule has 0 aromatic rings. The third kappa shape index (κ3) is 6.22. The van der Waals surface area contributed by atoms with Crippen molar-refractivity contribution in [2.75, 3.05) is 19.3 Å². The van der Waals surface area contributed by atoms with Crippen LogP contribution < -0.4 is 5.32 Å². The van der Waals surface area contributed by atoms with Crippen LogP contribution in [0.2, 0.25) is 0 Å². The normalized spacial score (nSPS) is 17.4. The Morgan fingerprint density at radius 2 is 1.85 bits per heavy atom. The first-order valence-corrected chi connectivity index (χ1v) is 9.53. The van der Waals surface area contributed by atoms with Crippen molar-refractivity contribution in [2.24, 2.45) is 0 Å². The number of carbonyl (C=O) groups excluding carboxylic acids is 1. The van der Waals surface area contributed by atoms with Crippen LogP contribution in [0, 0.1) is 0 Å². The Labute approximate surface area is 123 Å². The van der Waals surface area contributed by atoms with Crippen molar-refractivity contribution in [3.8, 4) is 0 Å². The third-order valence-electron chi connectivity index (χ3n) is 3.81. The van der Waals surface area contributed by atoms with Crippen LogP contribution in [0.1, 0.15) is 58.3 Å². The Morgan fingerprint density at radius 1 is 1.20 bits per heavy atom. The van der Waals surface area contributed by atoms with Crippen LogP contribution in [0.15, 0.2) is 0 Å². The maximum absolute atomic E-state index is 11.9. The lowest BCUT2D eigenvalue weighted by Crippen LogP contribution is -2.46. The molecule has 0 saturated heterocycles. The quantitative estimate of drug-likeness (QED) is 0.696. The fourth-order valence-electron chi connectivity index (χ4n) is 2.69. The highest BCUT2D eigenvalue weighted by atomic mass is 32.2. The van der Waals surface area contributed by atoms with Crippen molar-refractivity contribution < 1.29 is 13.2 Å². The summed E-state index contributed by atoms with van der Waals surface area (Å²) in [5, 5.41) is 2.81. The van der Waals surface area contributed by atoms with Crippen LogP contribution in [0.3, 0.4) is 0 Å². The van der Waals surface area contributed by atoms with E-state index in [1.165, 1.54) is 10.6 Å². The molecule has 0 heterocycles. The average molecular weight is 304 g/mol. The van der Waals surface area contributed by atoms with Gasteiger partial charge in [-0.3, -0.25) is 4.79 Å². The minimum absolute atomic E-state index is 0.000131. The SMILES string of the molecule is CCCCCNC(=O)CN(C1CCCCC1)S(C)(=O)=O. The van der Waals surface area contributed by atoms with E-state index in [1.54, 1.807) is 0 Å². The molecule has 0 aromatic heterocycles. The molecule has 20 heavy (non-hydrogen) atoms. The van der Waals surface area contributed by atoms with Crippen molar-refractivity contribution in [3.05, 3.63) is 0 Å². The lowest BCUT2D eigenvalue weighted by Gasteiger charge is -2.31. The van der Waals surface area contributed by atoms with Crippen molar-refractivity contribution in [1.29, 1.82) is 0 Å². The summed E-state index contributed by atoms with van der Waals surface area (Å²) >= 11 is 0. The zero-order valence-electron chi connectivity index (χ0n) is 12.7. The average Bonchev–Trinajstić information content (AvgIpc) is 2.41. The topological polar surface area (TPSA) is 66.5 Å². The van der Waals surface area contributed by atoms with Gasteiger partial charge in [0, 0.05) is 12.6 Å².